The van der Waals surface area contributed by atoms with Gasteiger partial charge in [0.2, 0.25) is 5.91 Å². The predicted octanol–water partition coefficient (Wildman–Crippen LogP) is 2.91. The van der Waals surface area contributed by atoms with Crippen molar-refractivity contribution < 1.29 is 14.3 Å². The molecular weight excluding hydrogens is 374 g/mol. The number of ether oxygens (including phenoxy) is 1. The van der Waals surface area contributed by atoms with Crippen LogP contribution in [0.1, 0.15) is 26.4 Å². The minimum Gasteiger partial charge on any atom is -0.465 e. The minimum absolute atomic E-state index is 0.0945. The number of carbonyl (C=O) groups excluding carboxylic acids is 2. The van der Waals surface area contributed by atoms with Crippen molar-refractivity contribution in [2.75, 3.05) is 45.2 Å². The van der Waals surface area contributed by atoms with Gasteiger partial charge in [-0.05, 0) is 25.0 Å². The number of piperazine rings is 1. The topological polar surface area (TPSA) is 61.9 Å². The van der Waals surface area contributed by atoms with Gasteiger partial charge in [-0.3, -0.25) is 14.6 Å². The Morgan fingerprint density at radius 3 is 2.36 bits per heavy atom. The van der Waals surface area contributed by atoms with E-state index in [4.69, 9.17) is 4.74 Å². The predicted molar refractivity (Wildman–Crippen MR) is 112 cm³/mol. The van der Waals surface area contributed by atoms with Crippen molar-refractivity contribution in [1.82, 2.24) is 9.80 Å². The maximum absolute atomic E-state index is 12.5. The van der Waals surface area contributed by atoms with Gasteiger partial charge in [-0.15, -0.1) is 11.3 Å². The molecule has 1 aromatic carbocycles. The van der Waals surface area contributed by atoms with Crippen molar-refractivity contribution in [3.63, 3.8) is 0 Å². The van der Waals surface area contributed by atoms with Gasteiger partial charge in [-0.25, -0.2) is 4.79 Å². The number of aryl methyl sites for hydroxylation is 1. The largest absolute Gasteiger partial charge is 0.465 e. The number of carbonyl (C=O) groups is 2. The van der Waals surface area contributed by atoms with Crippen LogP contribution < -0.4 is 5.32 Å². The van der Waals surface area contributed by atoms with E-state index < -0.39 is 5.97 Å². The molecule has 28 heavy (non-hydrogen) atoms. The highest BCUT2D eigenvalue weighted by atomic mass is 32.1. The highest BCUT2D eigenvalue weighted by Crippen LogP contribution is 2.32. The first kappa shape index (κ1) is 20.5. The van der Waals surface area contributed by atoms with Crippen LogP contribution in [0.25, 0.3) is 0 Å². The minimum atomic E-state index is -0.410. The lowest BCUT2D eigenvalue weighted by atomic mass is 10.1. The van der Waals surface area contributed by atoms with Crippen molar-refractivity contribution >= 4 is 28.2 Å². The number of thiophene rings is 1. The Kier molecular flexibility index (Phi) is 6.83. The molecule has 1 saturated heterocycles. The van der Waals surface area contributed by atoms with E-state index in [1.165, 1.54) is 24.0 Å². The number of hydrogen-bond donors (Lipinski definition) is 1. The fourth-order valence-corrected chi connectivity index (χ4v) is 4.44. The number of nitrogens with zero attached hydrogens (tertiary/aromatic N) is 2. The zero-order valence-electron chi connectivity index (χ0n) is 16.7. The van der Waals surface area contributed by atoms with E-state index >= 15 is 0 Å². The molecule has 0 aliphatic carbocycles. The van der Waals surface area contributed by atoms with Gasteiger partial charge in [0, 0.05) is 37.6 Å². The van der Waals surface area contributed by atoms with Crippen molar-refractivity contribution in [2.24, 2.45) is 0 Å². The number of methoxy groups -OCH3 is 1. The quantitative estimate of drug-likeness (QED) is 0.754. The number of amides is 1. The van der Waals surface area contributed by atoms with Crippen LogP contribution in [-0.2, 0) is 16.1 Å². The van der Waals surface area contributed by atoms with Crippen LogP contribution in [0, 0.1) is 13.8 Å². The Balaban J connectivity index is 1.51. The normalized spacial score (nSPS) is 15.4. The van der Waals surface area contributed by atoms with Crippen LogP contribution in [0.5, 0.6) is 0 Å². The van der Waals surface area contributed by atoms with Crippen LogP contribution in [0.2, 0.25) is 0 Å². The van der Waals surface area contributed by atoms with E-state index in [1.54, 1.807) is 0 Å². The van der Waals surface area contributed by atoms with Crippen LogP contribution in [0.4, 0.5) is 5.00 Å². The fourth-order valence-electron chi connectivity index (χ4n) is 3.38. The first-order valence-electron chi connectivity index (χ1n) is 9.44. The molecule has 1 fully saturated rings. The van der Waals surface area contributed by atoms with Crippen molar-refractivity contribution in [1.29, 1.82) is 0 Å². The molecule has 0 unspecified atom stereocenters. The van der Waals surface area contributed by atoms with E-state index in [2.05, 4.69) is 39.4 Å². The third-order valence-corrected chi connectivity index (χ3v) is 6.23. The summed E-state index contributed by atoms with van der Waals surface area (Å²) in [7, 11) is 1.36. The first-order chi connectivity index (χ1) is 13.5. The van der Waals surface area contributed by atoms with Crippen molar-refractivity contribution in [2.45, 2.75) is 20.4 Å². The maximum Gasteiger partial charge on any atom is 0.341 e. The molecule has 150 valence electrons. The van der Waals surface area contributed by atoms with Gasteiger partial charge in [0.25, 0.3) is 0 Å². The van der Waals surface area contributed by atoms with Gasteiger partial charge in [-0.2, -0.15) is 0 Å². The number of anilines is 1. The summed E-state index contributed by atoms with van der Waals surface area (Å²) in [4.78, 5) is 30.1. The Labute approximate surface area is 170 Å². The van der Waals surface area contributed by atoms with Gasteiger partial charge in [0.1, 0.15) is 5.00 Å². The van der Waals surface area contributed by atoms with Gasteiger partial charge in [-0.1, -0.05) is 30.3 Å². The molecular formula is C21H27N3O3S. The smallest absolute Gasteiger partial charge is 0.341 e. The molecule has 0 radical (unpaired) electrons. The lowest BCUT2D eigenvalue weighted by Crippen LogP contribution is -2.48. The molecule has 1 N–H and O–H groups in total. The monoisotopic (exact) mass is 401 g/mol. The van der Waals surface area contributed by atoms with E-state index in [0.29, 0.717) is 17.1 Å². The van der Waals surface area contributed by atoms with Crippen LogP contribution in [-0.4, -0.2) is 61.5 Å². The second-order valence-electron chi connectivity index (χ2n) is 7.07. The van der Waals surface area contributed by atoms with Crippen LogP contribution >= 0.6 is 11.3 Å². The Hall–Kier alpha value is -2.22. The average molecular weight is 402 g/mol. The Morgan fingerprint density at radius 2 is 1.71 bits per heavy atom. The molecule has 6 nitrogen and oxygen atoms in total. The third-order valence-electron chi connectivity index (χ3n) is 5.11. The molecule has 3 rings (SSSR count). The molecule has 7 heteroatoms. The fraction of sp³-hybridized carbons (Fsp3) is 0.429. The summed E-state index contributed by atoms with van der Waals surface area (Å²) in [5, 5.41) is 3.49. The molecule has 0 atom stereocenters. The van der Waals surface area contributed by atoms with Gasteiger partial charge < -0.3 is 10.1 Å². The molecule has 2 aromatic rings. The number of rotatable bonds is 6. The standard InChI is InChI=1S/C21H27N3O3S/c1-15-16(2)28-20(19(15)21(26)27-3)22-18(25)14-24-11-9-23(10-12-24)13-17-7-5-4-6-8-17/h4-8H,9-14H2,1-3H3,(H,22,25). The van der Waals surface area contributed by atoms with Crippen LogP contribution in [0.15, 0.2) is 30.3 Å². The zero-order chi connectivity index (χ0) is 20.1. The average Bonchev–Trinajstić information content (AvgIpc) is 2.97. The molecule has 0 bridgehead atoms. The number of hydrogen-bond acceptors (Lipinski definition) is 6. The number of esters is 1. The summed E-state index contributed by atoms with van der Waals surface area (Å²) in [6, 6.07) is 10.4. The summed E-state index contributed by atoms with van der Waals surface area (Å²) in [6.07, 6.45) is 0. The van der Waals surface area contributed by atoms with E-state index in [0.717, 1.165) is 43.2 Å². The molecule has 0 saturated carbocycles. The molecule has 1 aromatic heterocycles. The van der Waals surface area contributed by atoms with Gasteiger partial charge in [0.05, 0.1) is 19.2 Å². The molecule has 0 spiro atoms. The van der Waals surface area contributed by atoms with Crippen molar-refractivity contribution in [3.8, 4) is 0 Å². The van der Waals surface area contributed by atoms with Gasteiger partial charge >= 0.3 is 5.97 Å². The summed E-state index contributed by atoms with van der Waals surface area (Å²) < 4.78 is 4.86. The SMILES string of the molecule is COC(=O)c1c(NC(=O)CN2CCN(Cc3ccccc3)CC2)sc(C)c1C. The second kappa shape index (κ2) is 9.32. The summed E-state index contributed by atoms with van der Waals surface area (Å²) in [5.41, 5.74) is 2.64. The zero-order valence-corrected chi connectivity index (χ0v) is 17.5. The lowest BCUT2D eigenvalue weighted by molar-refractivity contribution is -0.117. The Morgan fingerprint density at radius 1 is 1.07 bits per heavy atom. The van der Waals surface area contributed by atoms with Gasteiger partial charge in [0.15, 0.2) is 0 Å². The van der Waals surface area contributed by atoms with Crippen molar-refractivity contribution in [3.05, 3.63) is 51.9 Å². The maximum atomic E-state index is 12.5. The third kappa shape index (κ3) is 4.98. The Bertz CT molecular complexity index is 827. The summed E-state index contributed by atoms with van der Waals surface area (Å²) in [5.74, 6) is -0.505. The van der Waals surface area contributed by atoms with E-state index in [1.807, 2.05) is 19.9 Å². The summed E-state index contributed by atoms with van der Waals surface area (Å²) in [6.45, 7) is 8.67. The molecule has 2 heterocycles. The first-order valence-corrected chi connectivity index (χ1v) is 10.3. The highest BCUT2D eigenvalue weighted by Gasteiger charge is 2.23. The highest BCUT2D eigenvalue weighted by molar-refractivity contribution is 7.16. The number of benzene rings is 1. The van der Waals surface area contributed by atoms with Crippen LogP contribution in [0.3, 0.4) is 0 Å². The molecule has 1 amide bonds. The van der Waals surface area contributed by atoms with E-state index in [-0.39, 0.29) is 5.91 Å². The molecule has 1 aliphatic heterocycles. The number of nitrogens with one attached hydrogen (secondary N) is 1. The second-order valence-corrected chi connectivity index (χ2v) is 8.29. The summed E-state index contributed by atoms with van der Waals surface area (Å²) >= 11 is 1.42. The lowest BCUT2D eigenvalue weighted by Gasteiger charge is -2.34. The molecule has 1 aliphatic rings. The van der Waals surface area contributed by atoms with E-state index in [9.17, 15) is 9.59 Å².